The lowest BCUT2D eigenvalue weighted by Crippen LogP contribution is -2.05. The van der Waals surface area contributed by atoms with Crippen molar-refractivity contribution in [3.63, 3.8) is 0 Å². The molecule has 1 N–H and O–H groups in total. The van der Waals surface area contributed by atoms with Gasteiger partial charge in [0.2, 0.25) is 0 Å². The first-order chi connectivity index (χ1) is 10.1. The molecule has 1 atom stereocenters. The predicted molar refractivity (Wildman–Crippen MR) is 92.8 cm³/mol. The van der Waals surface area contributed by atoms with Crippen molar-refractivity contribution in [2.45, 2.75) is 26.8 Å². The molecule has 0 aliphatic carbocycles. The zero-order chi connectivity index (χ0) is 15.2. The lowest BCUT2D eigenvalue weighted by Gasteiger charge is -2.16. The van der Waals surface area contributed by atoms with Gasteiger partial charge in [0.1, 0.15) is 0 Å². The molecule has 21 heavy (non-hydrogen) atoms. The normalized spacial score (nSPS) is 12.0. The molecule has 1 aromatic carbocycles. The molecule has 0 saturated heterocycles. The zero-order valence-electron chi connectivity index (χ0n) is 12.5. The van der Waals surface area contributed by atoms with Crippen LogP contribution in [-0.4, -0.2) is 13.2 Å². The summed E-state index contributed by atoms with van der Waals surface area (Å²) in [5.74, 6) is 1.57. The molecule has 0 aliphatic rings. The number of thiophene rings is 1. The molecule has 1 unspecified atom stereocenters. The van der Waals surface area contributed by atoms with Crippen LogP contribution in [0.4, 0.5) is 5.69 Å². The summed E-state index contributed by atoms with van der Waals surface area (Å²) in [6.45, 7) is 7.35. The highest BCUT2D eigenvalue weighted by molar-refractivity contribution is 9.11. The molecular formula is C16H20BrNO2S. The molecule has 114 valence electrons. The monoisotopic (exact) mass is 369 g/mol. The Balaban J connectivity index is 2.14. The lowest BCUT2D eigenvalue weighted by molar-refractivity contribution is 0.288. The van der Waals surface area contributed by atoms with Crippen molar-refractivity contribution in [2.24, 2.45) is 0 Å². The SMILES string of the molecule is CCOc1ccc(NC(C)c2ccc(Br)s2)cc1OCC. The van der Waals surface area contributed by atoms with Crippen LogP contribution in [-0.2, 0) is 0 Å². The van der Waals surface area contributed by atoms with Gasteiger partial charge >= 0.3 is 0 Å². The first kappa shape index (κ1) is 16.2. The number of nitrogens with one attached hydrogen (secondary N) is 1. The summed E-state index contributed by atoms with van der Waals surface area (Å²) >= 11 is 5.24. The molecule has 0 radical (unpaired) electrons. The van der Waals surface area contributed by atoms with Crippen molar-refractivity contribution < 1.29 is 9.47 Å². The summed E-state index contributed by atoms with van der Waals surface area (Å²) in [7, 11) is 0. The number of rotatable bonds is 7. The van der Waals surface area contributed by atoms with Crippen molar-refractivity contribution in [3.05, 3.63) is 39.0 Å². The van der Waals surface area contributed by atoms with E-state index in [2.05, 4.69) is 40.3 Å². The van der Waals surface area contributed by atoms with Gasteiger partial charge in [0.05, 0.1) is 23.0 Å². The van der Waals surface area contributed by atoms with Gasteiger partial charge in [0.15, 0.2) is 11.5 Å². The van der Waals surface area contributed by atoms with Crippen molar-refractivity contribution in [2.75, 3.05) is 18.5 Å². The van der Waals surface area contributed by atoms with E-state index in [1.807, 2.05) is 32.0 Å². The van der Waals surface area contributed by atoms with E-state index in [-0.39, 0.29) is 6.04 Å². The largest absolute Gasteiger partial charge is 0.490 e. The minimum atomic E-state index is 0.244. The Morgan fingerprint density at radius 2 is 1.81 bits per heavy atom. The van der Waals surface area contributed by atoms with Gasteiger partial charge in [-0.3, -0.25) is 0 Å². The third-order valence-electron chi connectivity index (χ3n) is 2.95. The van der Waals surface area contributed by atoms with Crippen LogP contribution in [0, 0.1) is 0 Å². The van der Waals surface area contributed by atoms with E-state index in [1.54, 1.807) is 11.3 Å². The van der Waals surface area contributed by atoms with Gasteiger partial charge in [-0.15, -0.1) is 11.3 Å². The summed E-state index contributed by atoms with van der Waals surface area (Å²) in [4.78, 5) is 1.29. The number of hydrogen-bond donors (Lipinski definition) is 1. The summed E-state index contributed by atoms with van der Waals surface area (Å²) < 4.78 is 12.4. The van der Waals surface area contributed by atoms with Crippen molar-refractivity contribution in [1.29, 1.82) is 0 Å². The highest BCUT2D eigenvalue weighted by atomic mass is 79.9. The topological polar surface area (TPSA) is 30.5 Å². The molecule has 1 aromatic heterocycles. The lowest BCUT2D eigenvalue weighted by atomic mass is 10.2. The van der Waals surface area contributed by atoms with Gasteiger partial charge in [-0.25, -0.2) is 0 Å². The van der Waals surface area contributed by atoms with E-state index >= 15 is 0 Å². The summed E-state index contributed by atoms with van der Waals surface area (Å²) in [6, 6.07) is 10.4. The van der Waals surface area contributed by atoms with E-state index in [4.69, 9.17) is 9.47 Å². The van der Waals surface area contributed by atoms with Gasteiger partial charge < -0.3 is 14.8 Å². The van der Waals surface area contributed by atoms with Gasteiger partial charge in [-0.2, -0.15) is 0 Å². The van der Waals surface area contributed by atoms with E-state index in [0.717, 1.165) is 21.0 Å². The third kappa shape index (κ3) is 4.38. The molecule has 1 heterocycles. The third-order valence-corrected chi connectivity index (χ3v) is 4.75. The summed E-state index contributed by atoms with van der Waals surface area (Å²) in [5, 5.41) is 3.49. The Morgan fingerprint density at radius 1 is 1.10 bits per heavy atom. The van der Waals surface area contributed by atoms with Crippen molar-refractivity contribution in [1.82, 2.24) is 0 Å². The Bertz CT molecular complexity index is 585. The van der Waals surface area contributed by atoms with Crippen LogP contribution in [0.3, 0.4) is 0 Å². The second-order valence-corrected chi connectivity index (χ2v) is 7.03. The number of anilines is 1. The van der Waals surface area contributed by atoms with Crippen LogP contribution in [0.1, 0.15) is 31.7 Å². The average molecular weight is 370 g/mol. The quantitative estimate of drug-likeness (QED) is 0.700. The molecule has 0 bridgehead atoms. The van der Waals surface area contributed by atoms with Crippen LogP contribution in [0.25, 0.3) is 0 Å². The van der Waals surface area contributed by atoms with Gasteiger partial charge in [0.25, 0.3) is 0 Å². The summed E-state index contributed by atoms with van der Waals surface area (Å²) in [5.41, 5.74) is 1.03. The molecule has 0 aliphatic heterocycles. The maximum Gasteiger partial charge on any atom is 0.163 e. The highest BCUT2D eigenvalue weighted by Gasteiger charge is 2.11. The van der Waals surface area contributed by atoms with E-state index < -0.39 is 0 Å². The van der Waals surface area contributed by atoms with Gasteiger partial charge in [-0.1, -0.05) is 0 Å². The van der Waals surface area contributed by atoms with Crippen LogP contribution >= 0.6 is 27.3 Å². The fourth-order valence-electron chi connectivity index (χ4n) is 2.02. The van der Waals surface area contributed by atoms with Gasteiger partial charge in [0, 0.05) is 16.6 Å². The molecule has 5 heteroatoms. The van der Waals surface area contributed by atoms with Crippen molar-refractivity contribution in [3.8, 4) is 11.5 Å². The van der Waals surface area contributed by atoms with Gasteiger partial charge in [-0.05, 0) is 61.0 Å². The van der Waals surface area contributed by atoms with Crippen LogP contribution in [0.15, 0.2) is 34.1 Å². The molecule has 0 fully saturated rings. The maximum absolute atomic E-state index is 5.65. The van der Waals surface area contributed by atoms with Crippen LogP contribution in [0.2, 0.25) is 0 Å². The molecule has 0 amide bonds. The standard InChI is InChI=1S/C16H20BrNO2S/c1-4-19-13-7-6-12(10-14(13)20-5-2)18-11(3)15-8-9-16(17)21-15/h6-11,18H,4-5H2,1-3H3. The highest BCUT2D eigenvalue weighted by Crippen LogP contribution is 2.33. The molecule has 0 spiro atoms. The predicted octanol–water partition coefficient (Wildman–Crippen LogP) is 5.48. The number of halogens is 1. The smallest absolute Gasteiger partial charge is 0.163 e. The number of hydrogen-bond acceptors (Lipinski definition) is 4. The Labute approximate surface area is 138 Å². The molecular weight excluding hydrogens is 350 g/mol. The van der Waals surface area contributed by atoms with E-state index in [0.29, 0.717) is 13.2 Å². The second-order valence-electron chi connectivity index (χ2n) is 4.54. The Kier molecular flexibility index (Phi) is 5.94. The average Bonchev–Trinajstić information content (AvgIpc) is 2.89. The first-order valence-electron chi connectivity index (χ1n) is 7.05. The Hall–Kier alpha value is -1.20. The number of benzene rings is 1. The van der Waals surface area contributed by atoms with Crippen molar-refractivity contribution >= 4 is 33.0 Å². The molecule has 0 saturated carbocycles. The van der Waals surface area contributed by atoms with Crippen LogP contribution in [0.5, 0.6) is 11.5 Å². The van der Waals surface area contributed by atoms with Crippen LogP contribution < -0.4 is 14.8 Å². The van der Waals surface area contributed by atoms with E-state index in [1.165, 1.54) is 4.88 Å². The fraction of sp³-hybridized carbons (Fsp3) is 0.375. The second kappa shape index (κ2) is 7.71. The molecule has 2 aromatic rings. The first-order valence-corrected chi connectivity index (χ1v) is 8.66. The minimum Gasteiger partial charge on any atom is -0.490 e. The molecule has 2 rings (SSSR count). The maximum atomic E-state index is 5.65. The Morgan fingerprint density at radius 3 is 2.43 bits per heavy atom. The van der Waals surface area contributed by atoms with E-state index in [9.17, 15) is 0 Å². The zero-order valence-corrected chi connectivity index (χ0v) is 14.9. The fourth-order valence-corrected chi connectivity index (χ4v) is 3.45. The molecule has 3 nitrogen and oxygen atoms in total. The summed E-state index contributed by atoms with van der Waals surface area (Å²) in [6.07, 6.45) is 0. The number of ether oxygens (including phenoxy) is 2. The minimum absolute atomic E-state index is 0.244.